The van der Waals surface area contributed by atoms with Gasteiger partial charge in [0.05, 0.1) is 20.3 Å². The van der Waals surface area contributed by atoms with Crippen LogP contribution in [0.4, 0.5) is 0 Å². The minimum atomic E-state index is 0.615. The molecule has 7 heteroatoms. The fraction of sp³-hybridized carbons (Fsp3) is 0.304. The predicted molar refractivity (Wildman–Crippen MR) is 119 cm³/mol. The highest BCUT2D eigenvalue weighted by Gasteiger charge is 2.05. The van der Waals surface area contributed by atoms with E-state index in [0.717, 1.165) is 37.0 Å². The molecule has 0 aliphatic heterocycles. The van der Waals surface area contributed by atoms with Crippen molar-refractivity contribution in [2.45, 2.75) is 19.5 Å². The summed E-state index contributed by atoms with van der Waals surface area (Å²) < 4.78 is 12.9. The number of hydrogen-bond acceptors (Lipinski definition) is 4. The highest BCUT2D eigenvalue weighted by Crippen LogP contribution is 2.18. The summed E-state index contributed by atoms with van der Waals surface area (Å²) >= 11 is 0. The number of nitrogens with one attached hydrogen (secondary N) is 2. The zero-order valence-electron chi connectivity index (χ0n) is 17.5. The summed E-state index contributed by atoms with van der Waals surface area (Å²) in [4.78, 5) is 4.31. The van der Waals surface area contributed by atoms with Crippen molar-refractivity contribution in [3.63, 3.8) is 0 Å². The summed E-state index contributed by atoms with van der Waals surface area (Å²) in [5.41, 5.74) is 2.45. The Morgan fingerprint density at radius 3 is 2.63 bits per heavy atom. The number of hydrogen-bond donors (Lipinski definition) is 2. The van der Waals surface area contributed by atoms with E-state index in [1.807, 2.05) is 41.2 Å². The van der Waals surface area contributed by atoms with E-state index in [1.54, 1.807) is 20.4 Å². The first-order chi connectivity index (χ1) is 14.8. The third kappa shape index (κ3) is 6.55. The van der Waals surface area contributed by atoms with Crippen molar-refractivity contribution in [2.75, 3.05) is 27.3 Å². The lowest BCUT2D eigenvalue weighted by Gasteiger charge is -2.14. The van der Waals surface area contributed by atoms with E-state index in [2.05, 4.69) is 45.0 Å². The molecule has 3 rings (SSSR count). The molecule has 3 aromatic rings. The molecule has 0 saturated carbocycles. The van der Waals surface area contributed by atoms with Gasteiger partial charge in [0.15, 0.2) is 5.96 Å². The van der Waals surface area contributed by atoms with Crippen LogP contribution in [0.15, 0.2) is 72.0 Å². The summed E-state index contributed by atoms with van der Waals surface area (Å²) in [6.45, 7) is 2.82. The molecule has 2 N–H and O–H groups in total. The molecule has 0 spiro atoms. The Balaban J connectivity index is 1.41. The van der Waals surface area contributed by atoms with Crippen molar-refractivity contribution in [3.8, 4) is 11.5 Å². The van der Waals surface area contributed by atoms with Crippen molar-refractivity contribution < 1.29 is 9.47 Å². The van der Waals surface area contributed by atoms with Gasteiger partial charge in [0.2, 0.25) is 0 Å². The van der Waals surface area contributed by atoms with Gasteiger partial charge in [-0.2, -0.15) is 5.10 Å². The summed E-state index contributed by atoms with van der Waals surface area (Å²) in [5, 5.41) is 11.0. The lowest BCUT2D eigenvalue weighted by atomic mass is 10.1. The Labute approximate surface area is 177 Å². The minimum absolute atomic E-state index is 0.615. The van der Waals surface area contributed by atoms with Crippen LogP contribution in [-0.2, 0) is 13.1 Å². The predicted octanol–water partition coefficient (Wildman–Crippen LogP) is 3.07. The highest BCUT2D eigenvalue weighted by atomic mass is 16.5. The number of benzene rings is 2. The standard InChI is InChI=1S/C23H29N5O2/c1-24-23(25-12-7-15-30-22-11-5-10-21(16-22)29-2)26-17-19-8-3-4-9-20(19)18-28-14-6-13-27-28/h3-6,8-11,13-14,16H,7,12,15,17-18H2,1-2H3,(H2,24,25,26). The number of rotatable bonds is 10. The molecule has 0 aliphatic rings. The average molecular weight is 408 g/mol. The Morgan fingerprint density at radius 2 is 1.87 bits per heavy atom. The normalized spacial score (nSPS) is 11.2. The van der Waals surface area contributed by atoms with Crippen LogP contribution in [0.3, 0.4) is 0 Å². The second-order valence-electron chi connectivity index (χ2n) is 6.71. The van der Waals surface area contributed by atoms with Gasteiger partial charge >= 0.3 is 0 Å². The summed E-state index contributed by atoms with van der Waals surface area (Å²) in [5.74, 6) is 2.37. The van der Waals surface area contributed by atoms with Gasteiger partial charge in [-0.25, -0.2) is 0 Å². The van der Waals surface area contributed by atoms with E-state index in [4.69, 9.17) is 9.47 Å². The molecule has 0 atom stereocenters. The third-order valence-corrected chi connectivity index (χ3v) is 4.60. The van der Waals surface area contributed by atoms with Crippen LogP contribution >= 0.6 is 0 Å². The van der Waals surface area contributed by atoms with Crippen molar-refractivity contribution in [1.29, 1.82) is 0 Å². The van der Waals surface area contributed by atoms with Gasteiger partial charge in [0, 0.05) is 38.6 Å². The van der Waals surface area contributed by atoms with E-state index < -0.39 is 0 Å². The van der Waals surface area contributed by atoms with Crippen molar-refractivity contribution in [3.05, 3.63) is 78.1 Å². The zero-order chi connectivity index (χ0) is 21.0. The van der Waals surface area contributed by atoms with E-state index in [1.165, 1.54) is 11.1 Å². The number of methoxy groups -OCH3 is 1. The van der Waals surface area contributed by atoms with Gasteiger partial charge in [-0.3, -0.25) is 9.67 Å². The van der Waals surface area contributed by atoms with E-state index in [9.17, 15) is 0 Å². The monoisotopic (exact) mass is 407 g/mol. The van der Waals surface area contributed by atoms with E-state index in [-0.39, 0.29) is 0 Å². The second kappa shape index (κ2) is 11.5. The maximum absolute atomic E-state index is 5.77. The lowest BCUT2D eigenvalue weighted by molar-refractivity contribution is 0.308. The number of nitrogens with zero attached hydrogens (tertiary/aromatic N) is 3. The highest BCUT2D eigenvalue weighted by molar-refractivity contribution is 5.79. The van der Waals surface area contributed by atoms with Crippen molar-refractivity contribution >= 4 is 5.96 Å². The fourth-order valence-corrected chi connectivity index (χ4v) is 3.01. The van der Waals surface area contributed by atoms with Gasteiger partial charge in [0.1, 0.15) is 11.5 Å². The molecule has 0 saturated heterocycles. The molecular formula is C23H29N5O2. The first-order valence-corrected chi connectivity index (χ1v) is 10.0. The molecule has 1 aromatic heterocycles. The molecule has 158 valence electrons. The quantitative estimate of drug-likeness (QED) is 0.307. The fourth-order valence-electron chi connectivity index (χ4n) is 3.01. The smallest absolute Gasteiger partial charge is 0.191 e. The molecule has 0 radical (unpaired) electrons. The van der Waals surface area contributed by atoms with Crippen LogP contribution in [0.2, 0.25) is 0 Å². The third-order valence-electron chi connectivity index (χ3n) is 4.60. The molecule has 7 nitrogen and oxygen atoms in total. The van der Waals surface area contributed by atoms with Gasteiger partial charge in [-0.1, -0.05) is 30.3 Å². The topological polar surface area (TPSA) is 72.7 Å². The SMILES string of the molecule is CN=C(NCCCOc1cccc(OC)c1)NCc1ccccc1Cn1cccn1. The van der Waals surface area contributed by atoms with Crippen LogP contribution in [0.25, 0.3) is 0 Å². The van der Waals surface area contributed by atoms with E-state index in [0.29, 0.717) is 13.2 Å². The first kappa shape index (κ1) is 21.2. The largest absolute Gasteiger partial charge is 0.497 e. The van der Waals surface area contributed by atoms with Crippen LogP contribution < -0.4 is 20.1 Å². The Hall–Kier alpha value is -3.48. The van der Waals surface area contributed by atoms with E-state index >= 15 is 0 Å². The summed E-state index contributed by atoms with van der Waals surface area (Å²) in [6, 6.07) is 17.9. The van der Waals surface area contributed by atoms with Gasteiger partial charge < -0.3 is 20.1 Å². The van der Waals surface area contributed by atoms with Crippen LogP contribution in [0, 0.1) is 0 Å². The van der Waals surface area contributed by atoms with Gasteiger partial charge in [0.25, 0.3) is 0 Å². The van der Waals surface area contributed by atoms with Gasteiger partial charge in [-0.05, 0) is 35.7 Å². The molecule has 0 amide bonds. The molecule has 0 fully saturated rings. The Kier molecular flexibility index (Phi) is 8.14. The second-order valence-corrected chi connectivity index (χ2v) is 6.71. The molecule has 0 bridgehead atoms. The number of aromatic nitrogens is 2. The van der Waals surface area contributed by atoms with Crippen LogP contribution in [-0.4, -0.2) is 43.0 Å². The summed E-state index contributed by atoms with van der Waals surface area (Å²) in [7, 11) is 3.43. The number of aliphatic imine (C=N–C) groups is 1. The molecule has 1 heterocycles. The maximum atomic E-state index is 5.77. The average Bonchev–Trinajstić information content (AvgIpc) is 3.30. The number of ether oxygens (including phenoxy) is 2. The molecule has 0 unspecified atom stereocenters. The minimum Gasteiger partial charge on any atom is -0.497 e. The molecule has 30 heavy (non-hydrogen) atoms. The Morgan fingerprint density at radius 1 is 1.03 bits per heavy atom. The molecular weight excluding hydrogens is 378 g/mol. The zero-order valence-corrected chi connectivity index (χ0v) is 17.5. The van der Waals surface area contributed by atoms with Crippen LogP contribution in [0.5, 0.6) is 11.5 Å². The van der Waals surface area contributed by atoms with Gasteiger partial charge in [-0.15, -0.1) is 0 Å². The molecule has 2 aromatic carbocycles. The maximum Gasteiger partial charge on any atom is 0.191 e. The molecule has 0 aliphatic carbocycles. The lowest BCUT2D eigenvalue weighted by Crippen LogP contribution is -2.37. The number of guanidine groups is 1. The van der Waals surface area contributed by atoms with Crippen molar-refractivity contribution in [1.82, 2.24) is 20.4 Å². The summed E-state index contributed by atoms with van der Waals surface area (Å²) in [6.07, 6.45) is 4.62. The Bertz CT molecular complexity index is 925. The first-order valence-electron chi connectivity index (χ1n) is 10.0. The van der Waals surface area contributed by atoms with Crippen molar-refractivity contribution in [2.24, 2.45) is 4.99 Å². The van der Waals surface area contributed by atoms with Crippen LogP contribution in [0.1, 0.15) is 17.5 Å².